The van der Waals surface area contributed by atoms with Crippen molar-refractivity contribution < 1.29 is 39.8 Å². The van der Waals surface area contributed by atoms with Gasteiger partial charge in [0.2, 0.25) is 5.82 Å². The molecule has 0 saturated carbocycles. The van der Waals surface area contributed by atoms with Crippen LogP contribution in [0.4, 0.5) is 49.5 Å². The Morgan fingerprint density at radius 1 is 1.18 bits per heavy atom. The van der Waals surface area contributed by atoms with Gasteiger partial charge in [-0.2, -0.15) is 31.3 Å². The Kier molecular flexibility index (Phi) is 9.58. The van der Waals surface area contributed by atoms with Crippen LogP contribution in [0.15, 0.2) is 26.7 Å². The molecule has 0 aliphatic heterocycles. The molecular weight excluding hydrogens is 484 g/mol. The maximum atomic E-state index is 13.0. The molecule has 0 fully saturated rings. The summed E-state index contributed by atoms with van der Waals surface area (Å²) in [5, 5.41) is 11.8. The van der Waals surface area contributed by atoms with E-state index in [1.165, 1.54) is 7.11 Å². The first-order valence-corrected chi connectivity index (χ1v) is 10.2. The van der Waals surface area contributed by atoms with Gasteiger partial charge in [-0.3, -0.25) is 5.10 Å². The van der Waals surface area contributed by atoms with E-state index in [1.54, 1.807) is 23.8 Å². The van der Waals surface area contributed by atoms with Crippen molar-refractivity contribution in [1.82, 2.24) is 15.2 Å². The van der Waals surface area contributed by atoms with E-state index in [9.17, 15) is 30.7 Å². The van der Waals surface area contributed by atoms with E-state index in [0.717, 1.165) is 12.1 Å². The van der Waals surface area contributed by atoms with Gasteiger partial charge in [0.05, 0.1) is 12.8 Å². The third-order valence-corrected chi connectivity index (χ3v) is 4.99. The van der Waals surface area contributed by atoms with Crippen LogP contribution in [-0.4, -0.2) is 45.3 Å². The van der Waals surface area contributed by atoms with E-state index < -0.39 is 45.1 Å². The largest absolute Gasteiger partial charge is 0.494 e. The molecule has 1 atom stereocenters. The number of methoxy groups -OCH3 is 1. The topological polar surface area (TPSA) is 117 Å². The summed E-state index contributed by atoms with van der Waals surface area (Å²) in [4.78, 5) is 4.79. The van der Waals surface area contributed by atoms with Gasteiger partial charge in [-0.05, 0) is 24.4 Å². The molecule has 0 spiro atoms. The molecule has 33 heavy (non-hydrogen) atoms. The number of hydrogen-bond acceptors (Lipinski definition) is 9. The summed E-state index contributed by atoms with van der Waals surface area (Å²) in [5.74, 6) is -5.86. The third kappa shape index (κ3) is 6.53. The number of alkyl halides is 5. The van der Waals surface area contributed by atoms with Gasteiger partial charge >= 0.3 is 11.9 Å². The van der Waals surface area contributed by atoms with Crippen LogP contribution in [0.2, 0.25) is 0 Å². The number of H-pyrrole nitrogens is 1. The van der Waals surface area contributed by atoms with Gasteiger partial charge in [0, 0.05) is 19.2 Å². The quantitative estimate of drug-likeness (QED) is 0.337. The predicted octanol–water partition coefficient (Wildman–Crippen LogP) is 5.87. The van der Waals surface area contributed by atoms with Crippen molar-refractivity contribution in [3.8, 4) is 5.75 Å². The summed E-state index contributed by atoms with van der Waals surface area (Å²) in [7, 11) is -3.83. The number of halogens is 6. The van der Waals surface area contributed by atoms with Gasteiger partial charge in [-0.1, -0.05) is 11.8 Å². The van der Waals surface area contributed by atoms with Gasteiger partial charge in [0.25, 0.3) is 16.0 Å². The number of aromatic nitrogens is 3. The molecule has 1 heterocycles. The molecule has 0 amide bonds. The summed E-state index contributed by atoms with van der Waals surface area (Å²) in [5.41, 5.74) is -0.644. The lowest BCUT2D eigenvalue weighted by Crippen LogP contribution is -2.22. The number of azo groups is 1. The van der Waals surface area contributed by atoms with Crippen molar-refractivity contribution in [1.29, 1.82) is 0 Å². The molecule has 10 nitrogen and oxygen atoms in total. The minimum absolute atomic E-state index is 0. The monoisotopic (exact) mass is 505 g/mol. The maximum Gasteiger partial charge on any atom is 0.451 e. The highest BCUT2D eigenvalue weighted by Crippen LogP contribution is 2.42. The molecule has 1 N–H and O–H groups in total. The van der Waals surface area contributed by atoms with Crippen LogP contribution >= 0.6 is 0 Å². The summed E-state index contributed by atoms with van der Waals surface area (Å²) in [6.07, 6.45) is -4.82. The molecule has 17 heteroatoms. The predicted molar refractivity (Wildman–Crippen MR) is 107 cm³/mol. The van der Waals surface area contributed by atoms with E-state index in [1.807, 2.05) is 0 Å². The number of nitrogens with one attached hydrogen (secondary N) is 1. The average Bonchev–Trinajstić information content (AvgIpc) is 3.23. The Morgan fingerprint density at radius 2 is 1.82 bits per heavy atom. The molecular formula is C16H21F6N7O3S. The van der Waals surface area contributed by atoms with E-state index in [2.05, 4.69) is 29.1 Å². The van der Waals surface area contributed by atoms with Crippen molar-refractivity contribution in [2.75, 3.05) is 25.1 Å². The molecule has 1 aromatic heterocycles. The zero-order valence-electron chi connectivity index (χ0n) is 16.7. The number of anilines is 1. The van der Waals surface area contributed by atoms with Gasteiger partial charge in [0.1, 0.15) is 17.1 Å². The summed E-state index contributed by atoms with van der Waals surface area (Å²) in [6, 6.07) is 2.26. The van der Waals surface area contributed by atoms with E-state index in [4.69, 9.17) is 4.74 Å². The number of ether oxygens (including phenoxy) is 1. The second kappa shape index (κ2) is 11.3. The van der Waals surface area contributed by atoms with Crippen molar-refractivity contribution in [2.24, 2.45) is 14.6 Å². The molecule has 0 radical (unpaired) electrons. The average molecular weight is 505 g/mol. The standard InChI is InChI=1S/C15H17F6N7O3S.CH4/c1-4-28(5-2)10-6-9(27-32(29,31-21)13(16)17)8(7-11(10)30-3)23-25-14-22-12(24-26-14)15(18,19)20;/h6-7,13H,4-5H2,1-3H3,(H,22,24,26);1H4. The van der Waals surface area contributed by atoms with Crippen LogP contribution in [0.3, 0.4) is 0 Å². The Balaban J connectivity index is 0.00000544. The second-order valence-electron chi connectivity index (χ2n) is 5.80. The molecule has 0 saturated heterocycles. The smallest absolute Gasteiger partial charge is 0.451 e. The zero-order valence-corrected chi connectivity index (χ0v) is 17.5. The molecule has 186 valence electrons. The van der Waals surface area contributed by atoms with Gasteiger partial charge in [0.15, 0.2) is 0 Å². The summed E-state index contributed by atoms with van der Waals surface area (Å²) in [6.45, 7) is 4.44. The molecule has 0 aliphatic rings. The molecule has 1 unspecified atom stereocenters. The molecule has 0 bridgehead atoms. The number of rotatable bonds is 9. The minimum Gasteiger partial charge on any atom is -0.494 e. The molecule has 2 rings (SSSR count). The van der Waals surface area contributed by atoms with Crippen LogP contribution in [-0.2, 0) is 20.6 Å². The van der Waals surface area contributed by atoms with E-state index in [-0.39, 0.29) is 13.2 Å². The Morgan fingerprint density at radius 3 is 2.27 bits per heavy atom. The third-order valence-electron chi connectivity index (χ3n) is 3.91. The fraction of sp³-hybridized carbons (Fsp3) is 0.500. The van der Waals surface area contributed by atoms with Crippen molar-refractivity contribution in [3.05, 3.63) is 18.0 Å². The number of nitrogens with zero attached hydrogens (tertiary/aromatic N) is 6. The zero-order chi connectivity index (χ0) is 24.1. The van der Waals surface area contributed by atoms with Crippen molar-refractivity contribution >= 4 is 33.0 Å². The van der Waals surface area contributed by atoms with Crippen molar-refractivity contribution in [3.63, 3.8) is 0 Å². The van der Waals surface area contributed by atoms with Gasteiger partial charge in [-0.15, -0.1) is 15.3 Å². The number of hydrogen-bond donors (Lipinski definition) is 1. The lowest BCUT2D eigenvalue weighted by Gasteiger charge is -2.24. The number of benzene rings is 1. The van der Waals surface area contributed by atoms with Crippen LogP contribution in [0, 0.1) is 0 Å². The molecule has 1 aromatic carbocycles. The molecule has 2 aromatic rings. The first-order chi connectivity index (χ1) is 15.0. The van der Waals surface area contributed by atoms with Gasteiger partial charge in [-0.25, -0.2) is 4.21 Å². The summed E-state index contributed by atoms with van der Waals surface area (Å²) < 4.78 is 99.9. The summed E-state index contributed by atoms with van der Waals surface area (Å²) >= 11 is 0. The van der Waals surface area contributed by atoms with Gasteiger partial charge < -0.3 is 9.64 Å². The fourth-order valence-electron chi connectivity index (χ4n) is 2.42. The lowest BCUT2D eigenvalue weighted by atomic mass is 10.2. The minimum atomic E-state index is -5.11. The highest BCUT2D eigenvalue weighted by atomic mass is 32.2. The lowest BCUT2D eigenvalue weighted by molar-refractivity contribution is -0.144. The second-order valence-corrected chi connectivity index (χ2v) is 7.49. The first-order valence-electron chi connectivity index (χ1n) is 8.71. The number of aromatic amines is 1. The maximum absolute atomic E-state index is 13.0. The normalized spacial score (nSPS) is 13.6. The van der Waals surface area contributed by atoms with Crippen LogP contribution in [0.1, 0.15) is 27.1 Å². The highest BCUT2D eigenvalue weighted by molar-refractivity contribution is 7.89. The van der Waals surface area contributed by atoms with Crippen LogP contribution in [0.25, 0.3) is 0 Å². The highest BCUT2D eigenvalue weighted by Gasteiger charge is 2.35. The Labute approximate surface area is 185 Å². The Hall–Kier alpha value is -2.95. The van der Waals surface area contributed by atoms with E-state index >= 15 is 0 Å². The molecule has 0 aliphatic carbocycles. The van der Waals surface area contributed by atoms with Crippen LogP contribution < -0.4 is 9.64 Å². The fourth-order valence-corrected chi connectivity index (χ4v) is 3.00. The SMILES string of the molecule is C.CCN(CC)c1cc(N=S(=O)(OF)C(F)F)c(N=Nc2n[nH]c(C(F)(F)F)n2)cc1OC. The first kappa shape index (κ1) is 28.1. The van der Waals surface area contributed by atoms with Crippen LogP contribution in [0.5, 0.6) is 5.75 Å². The van der Waals surface area contributed by atoms with E-state index in [0.29, 0.717) is 18.8 Å². The van der Waals surface area contributed by atoms with Crippen molar-refractivity contribution in [2.45, 2.75) is 33.2 Å². The Bertz CT molecular complexity index is 1080.